The molecule has 3 aliphatic carbocycles. The number of hydrogen-bond donors (Lipinski definition) is 1. The number of amides is 1. The third kappa shape index (κ3) is 4.22. The molecule has 2 N–H and O–H groups in total. The quantitative estimate of drug-likeness (QED) is 0.610. The molecule has 1 spiro atoms. The lowest BCUT2D eigenvalue weighted by Gasteiger charge is -2.29. The molecule has 5 atom stereocenters. The Balaban J connectivity index is 1.22. The summed E-state index contributed by atoms with van der Waals surface area (Å²) in [5.74, 6) is 3.82. The molecular formula is C28H41N3O. The van der Waals surface area contributed by atoms with Crippen LogP contribution in [-0.4, -0.2) is 29.4 Å². The van der Waals surface area contributed by atoms with Gasteiger partial charge in [-0.3, -0.25) is 9.69 Å². The average Bonchev–Trinajstić information content (AvgIpc) is 3.34. The number of carbonyl (C=O) groups excluding carboxylic acids is 1. The summed E-state index contributed by atoms with van der Waals surface area (Å²) in [4.78, 5) is 19.7. The number of nitrogens with zero attached hydrogens (tertiary/aromatic N) is 2. The van der Waals surface area contributed by atoms with Crippen molar-refractivity contribution in [1.29, 1.82) is 0 Å². The van der Waals surface area contributed by atoms with Crippen LogP contribution in [0.3, 0.4) is 0 Å². The minimum absolute atomic E-state index is 0.178. The molecular weight excluding hydrogens is 394 g/mol. The van der Waals surface area contributed by atoms with Crippen LogP contribution in [0.5, 0.6) is 0 Å². The molecule has 1 aromatic rings. The number of carbonyl (C=O) groups is 1. The normalized spacial score (nSPS) is 35.3. The lowest BCUT2D eigenvalue weighted by molar-refractivity contribution is -0.128. The number of likely N-dealkylation sites (N-methyl/N-ethyl adjacent to an activating group) is 1. The maximum atomic E-state index is 13.3. The van der Waals surface area contributed by atoms with Gasteiger partial charge in [0.25, 0.3) is 5.91 Å². The van der Waals surface area contributed by atoms with Gasteiger partial charge in [-0.2, -0.15) is 0 Å². The summed E-state index contributed by atoms with van der Waals surface area (Å²) in [6.07, 6.45) is 17.0. The minimum atomic E-state index is -0.507. The Labute approximate surface area is 194 Å². The van der Waals surface area contributed by atoms with E-state index in [1.807, 2.05) is 7.05 Å². The van der Waals surface area contributed by atoms with Gasteiger partial charge in [-0.1, -0.05) is 81.7 Å². The summed E-state index contributed by atoms with van der Waals surface area (Å²) in [7, 11) is 1.81. The topological polar surface area (TPSA) is 58.7 Å². The van der Waals surface area contributed by atoms with E-state index in [-0.39, 0.29) is 5.91 Å². The summed E-state index contributed by atoms with van der Waals surface area (Å²) in [6.45, 7) is 0. The number of rotatable bonds is 7. The van der Waals surface area contributed by atoms with Crippen molar-refractivity contribution in [2.45, 2.75) is 89.0 Å². The summed E-state index contributed by atoms with van der Waals surface area (Å²) < 4.78 is 0. The molecule has 1 heterocycles. The van der Waals surface area contributed by atoms with Crippen LogP contribution >= 0.6 is 0 Å². The van der Waals surface area contributed by atoms with Crippen LogP contribution in [0.2, 0.25) is 0 Å². The van der Waals surface area contributed by atoms with E-state index in [1.54, 1.807) is 4.90 Å². The smallest absolute Gasteiger partial charge is 0.257 e. The van der Waals surface area contributed by atoms with Crippen molar-refractivity contribution in [2.24, 2.45) is 40.3 Å². The monoisotopic (exact) mass is 435 g/mol. The van der Waals surface area contributed by atoms with E-state index in [0.717, 1.165) is 17.8 Å². The van der Waals surface area contributed by atoms with Gasteiger partial charge in [0, 0.05) is 7.05 Å². The van der Waals surface area contributed by atoms with Gasteiger partial charge in [-0.05, 0) is 67.3 Å². The fraction of sp³-hybridized carbons (Fsp3) is 0.714. The van der Waals surface area contributed by atoms with E-state index in [0.29, 0.717) is 17.8 Å². The van der Waals surface area contributed by atoms with Crippen molar-refractivity contribution >= 4 is 11.9 Å². The van der Waals surface area contributed by atoms with Gasteiger partial charge in [-0.15, -0.1) is 0 Å². The van der Waals surface area contributed by atoms with E-state index in [9.17, 15) is 4.79 Å². The first-order chi connectivity index (χ1) is 15.6. The highest BCUT2D eigenvalue weighted by molar-refractivity contribution is 6.09. The summed E-state index contributed by atoms with van der Waals surface area (Å²) in [5, 5.41) is 0. The third-order valence-electron chi connectivity index (χ3n) is 9.27. The maximum absolute atomic E-state index is 13.3. The van der Waals surface area contributed by atoms with Crippen LogP contribution in [0.15, 0.2) is 35.3 Å². The highest BCUT2D eigenvalue weighted by Gasteiger charge is 2.72. The second-order valence-electron chi connectivity index (χ2n) is 11.3. The molecule has 1 aliphatic heterocycles. The number of aliphatic imine (C=N–C) groups is 1. The molecule has 1 unspecified atom stereocenters. The molecule has 32 heavy (non-hydrogen) atoms. The molecule has 0 saturated heterocycles. The zero-order valence-electron chi connectivity index (χ0n) is 19.8. The van der Waals surface area contributed by atoms with E-state index < -0.39 is 5.54 Å². The van der Waals surface area contributed by atoms with Crippen LogP contribution in [0.1, 0.15) is 82.6 Å². The third-order valence-corrected chi connectivity index (χ3v) is 9.27. The van der Waals surface area contributed by atoms with Gasteiger partial charge >= 0.3 is 0 Å². The predicted octanol–water partition coefficient (Wildman–Crippen LogP) is 5.56. The van der Waals surface area contributed by atoms with Crippen molar-refractivity contribution in [3.05, 3.63) is 35.9 Å². The fourth-order valence-electron chi connectivity index (χ4n) is 7.41. The predicted molar refractivity (Wildman–Crippen MR) is 130 cm³/mol. The fourth-order valence-corrected chi connectivity index (χ4v) is 7.41. The molecule has 0 aromatic heterocycles. The number of hydrogen-bond acceptors (Lipinski definition) is 3. The van der Waals surface area contributed by atoms with E-state index in [2.05, 4.69) is 30.3 Å². The molecule has 0 radical (unpaired) electrons. The molecule has 1 amide bonds. The number of aryl methyl sites for hydroxylation is 1. The van der Waals surface area contributed by atoms with Crippen molar-refractivity contribution in [3.8, 4) is 0 Å². The summed E-state index contributed by atoms with van der Waals surface area (Å²) in [6, 6.07) is 10.9. The lowest BCUT2D eigenvalue weighted by Crippen LogP contribution is -2.37. The van der Waals surface area contributed by atoms with Gasteiger partial charge < -0.3 is 5.73 Å². The van der Waals surface area contributed by atoms with Crippen molar-refractivity contribution in [1.82, 2.24) is 4.90 Å². The van der Waals surface area contributed by atoms with Crippen molar-refractivity contribution in [2.75, 3.05) is 7.05 Å². The molecule has 0 bridgehead atoms. The zero-order chi connectivity index (χ0) is 22.1. The van der Waals surface area contributed by atoms with Crippen LogP contribution in [0.4, 0.5) is 0 Å². The minimum Gasteiger partial charge on any atom is -0.369 e. The maximum Gasteiger partial charge on any atom is 0.257 e. The van der Waals surface area contributed by atoms with Crippen LogP contribution in [-0.2, 0) is 11.2 Å². The van der Waals surface area contributed by atoms with E-state index in [1.165, 1.54) is 89.0 Å². The van der Waals surface area contributed by atoms with Crippen molar-refractivity contribution in [3.63, 3.8) is 0 Å². The van der Waals surface area contributed by atoms with Crippen LogP contribution < -0.4 is 5.73 Å². The Morgan fingerprint density at radius 3 is 2.28 bits per heavy atom. The highest BCUT2D eigenvalue weighted by atomic mass is 16.2. The van der Waals surface area contributed by atoms with Crippen LogP contribution in [0, 0.1) is 29.6 Å². The Morgan fingerprint density at radius 1 is 0.938 bits per heavy atom. The first kappa shape index (κ1) is 22.0. The van der Waals surface area contributed by atoms with Crippen LogP contribution in [0.25, 0.3) is 0 Å². The molecule has 3 fully saturated rings. The summed E-state index contributed by atoms with van der Waals surface area (Å²) in [5.41, 5.74) is 7.11. The molecule has 3 saturated carbocycles. The number of guanidine groups is 1. The molecule has 5 rings (SSSR count). The highest BCUT2D eigenvalue weighted by Crippen LogP contribution is 2.63. The van der Waals surface area contributed by atoms with Gasteiger partial charge in [0.2, 0.25) is 0 Å². The number of nitrogens with two attached hydrogens (primary N) is 1. The Kier molecular flexibility index (Phi) is 6.31. The van der Waals surface area contributed by atoms with Gasteiger partial charge in [0.05, 0.1) is 0 Å². The SMILES string of the molecule is CN1C(=O)[C@@]2(N=C1N)C(CC1CCCCC1)[C@@H]2C[C@H]1CCC[C@@H](CCc2ccccc2)C1. The Hall–Kier alpha value is -1.84. The first-order valence-electron chi connectivity index (χ1n) is 13.3. The average molecular weight is 436 g/mol. The van der Waals surface area contributed by atoms with E-state index >= 15 is 0 Å². The Bertz CT molecular complexity index is 830. The zero-order valence-corrected chi connectivity index (χ0v) is 19.8. The van der Waals surface area contributed by atoms with Gasteiger partial charge in [-0.25, -0.2) is 4.99 Å². The van der Waals surface area contributed by atoms with Gasteiger partial charge in [0.15, 0.2) is 5.96 Å². The Morgan fingerprint density at radius 2 is 1.59 bits per heavy atom. The second kappa shape index (κ2) is 9.19. The molecule has 4 aliphatic rings. The molecule has 174 valence electrons. The van der Waals surface area contributed by atoms with Crippen molar-refractivity contribution < 1.29 is 4.79 Å². The summed E-state index contributed by atoms with van der Waals surface area (Å²) >= 11 is 0. The largest absolute Gasteiger partial charge is 0.369 e. The van der Waals surface area contributed by atoms with Gasteiger partial charge in [0.1, 0.15) is 5.54 Å². The lowest BCUT2D eigenvalue weighted by atomic mass is 9.76. The molecule has 1 aromatic carbocycles. The second-order valence-corrected chi connectivity index (χ2v) is 11.3. The molecule has 4 heteroatoms. The first-order valence-corrected chi connectivity index (χ1v) is 13.3. The standard InChI is InChI=1S/C28H41N3O/c1-31-26(32)28(30-27(31)29)24(18-21-11-6-3-7-12-21)25(28)19-23-14-8-13-22(17-23)16-15-20-9-4-2-5-10-20/h2,4-5,9-10,21-25H,3,6-8,11-19H2,1H3,(H2,29,30)/t22-,23-,24?,25-,28+/m0/s1. The molecule has 4 nitrogen and oxygen atoms in total. The van der Waals surface area contributed by atoms with E-state index in [4.69, 9.17) is 10.7 Å². The number of benzene rings is 1.